The molecule has 1 unspecified atom stereocenters. The quantitative estimate of drug-likeness (QED) is 0.689. The van der Waals surface area contributed by atoms with Gasteiger partial charge in [-0.3, -0.25) is 9.36 Å². The minimum Gasteiger partial charge on any atom is -0.310 e. The molecule has 1 atom stereocenters. The van der Waals surface area contributed by atoms with Crippen molar-refractivity contribution < 1.29 is 4.79 Å². The molecule has 2 heterocycles. The topological polar surface area (TPSA) is 72.7 Å². The number of para-hydroxylation sites is 1. The van der Waals surface area contributed by atoms with Gasteiger partial charge in [0.1, 0.15) is 11.6 Å². The highest BCUT2D eigenvalue weighted by molar-refractivity contribution is 8.00. The average Bonchev–Trinajstić information content (AvgIpc) is 2.98. The fourth-order valence-electron chi connectivity index (χ4n) is 2.18. The molecule has 1 aromatic carbocycles. The zero-order valence-electron chi connectivity index (χ0n) is 13.7. The molecule has 0 aliphatic rings. The number of hydrogen-bond donors (Lipinski definition) is 1. The molecule has 0 fully saturated rings. The van der Waals surface area contributed by atoms with Crippen molar-refractivity contribution in [3.05, 3.63) is 59.5 Å². The second-order valence-electron chi connectivity index (χ2n) is 5.31. The minimum absolute atomic E-state index is 0.167. The molecule has 0 aliphatic carbocycles. The molecular weight excluding hydrogens is 358 g/mol. The summed E-state index contributed by atoms with van der Waals surface area (Å²) in [6.07, 6.45) is 1.49. The molecule has 1 amide bonds. The molecule has 1 N–H and O–H groups in total. The third-order valence-electron chi connectivity index (χ3n) is 3.44. The van der Waals surface area contributed by atoms with E-state index in [4.69, 9.17) is 11.6 Å². The number of benzene rings is 1. The maximum absolute atomic E-state index is 12.4. The maximum atomic E-state index is 12.4. The lowest BCUT2D eigenvalue weighted by molar-refractivity contribution is -0.115. The summed E-state index contributed by atoms with van der Waals surface area (Å²) in [6, 6.07) is 13.1. The zero-order chi connectivity index (χ0) is 17.8. The molecule has 0 saturated heterocycles. The number of hydrogen-bond acceptors (Lipinski definition) is 5. The fraction of sp³-hybridized carbons (Fsp3) is 0.176. The summed E-state index contributed by atoms with van der Waals surface area (Å²) >= 11 is 7.14. The van der Waals surface area contributed by atoms with Gasteiger partial charge in [-0.05, 0) is 38.1 Å². The van der Waals surface area contributed by atoms with Crippen LogP contribution in [0.2, 0.25) is 5.02 Å². The van der Waals surface area contributed by atoms with Gasteiger partial charge in [-0.25, -0.2) is 4.98 Å². The fourth-order valence-corrected chi connectivity index (χ4v) is 3.21. The van der Waals surface area contributed by atoms with E-state index < -0.39 is 0 Å². The summed E-state index contributed by atoms with van der Waals surface area (Å²) in [5, 5.41) is 11.9. The SMILES string of the molecule is Cc1nnc(SC(C)C(=O)Nc2ccc(Cl)cn2)n1-c1ccccc1. The molecule has 6 nitrogen and oxygen atoms in total. The number of nitrogens with zero attached hydrogens (tertiary/aromatic N) is 4. The second-order valence-corrected chi connectivity index (χ2v) is 7.06. The van der Waals surface area contributed by atoms with Crippen LogP contribution >= 0.6 is 23.4 Å². The summed E-state index contributed by atoms with van der Waals surface area (Å²) in [4.78, 5) is 16.5. The minimum atomic E-state index is -0.372. The highest BCUT2D eigenvalue weighted by atomic mass is 35.5. The lowest BCUT2D eigenvalue weighted by Gasteiger charge is -2.13. The number of anilines is 1. The first-order valence-electron chi connectivity index (χ1n) is 7.61. The first kappa shape index (κ1) is 17.4. The van der Waals surface area contributed by atoms with Crippen LogP contribution in [-0.4, -0.2) is 30.9 Å². The average molecular weight is 374 g/mol. The van der Waals surface area contributed by atoms with Crippen molar-refractivity contribution in [2.75, 3.05) is 5.32 Å². The van der Waals surface area contributed by atoms with E-state index in [1.807, 2.05) is 48.7 Å². The van der Waals surface area contributed by atoms with Crippen molar-refractivity contribution in [1.82, 2.24) is 19.7 Å². The molecular formula is C17H16ClN5OS. The van der Waals surface area contributed by atoms with Gasteiger partial charge in [0.2, 0.25) is 5.91 Å². The molecule has 2 aromatic heterocycles. The van der Waals surface area contributed by atoms with Crippen LogP contribution in [0.1, 0.15) is 12.7 Å². The van der Waals surface area contributed by atoms with Gasteiger partial charge >= 0.3 is 0 Å². The van der Waals surface area contributed by atoms with Gasteiger partial charge in [0.15, 0.2) is 5.16 Å². The Labute approximate surface area is 154 Å². The van der Waals surface area contributed by atoms with E-state index in [0.29, 0.717) is 16.0 Å². The van der Waals surface area contributed by atoms with Crippen molar-refractivity contribution >= 4 is 35.1 Å². The monoisotopic (exact) mass is 373 g/mol. The van der Waals surface area contributed by atoms with Crippen molar-refractivity contribution in [3.63, 3.8) is 0 Å². The van der Waals surface area contributed by atoms with Gasteiger partial charge in [-0.1, -0.05) is 41.6 Å². The first-order valence-corrected chi connectivity index (χ1v) is 8.87. The Morgan fingerprint density at radius 2 is 1.96 bits per heavy atom. The zero-order valence-corrected chi connectivity index (χ0v) is 15.3. The number of carbonyl (C=O) groups excluding carboxylic acids is 1. The summed E-state index contributed by atoms with van der Waals surface area (Å²) in [5.41, 5.74) is 0.958. The van der Waals surface area contributed by atoms with Crippen LogP contribution in [0.25, 0.3) is 5.69 Å². The van der Waals surface area contributed by atoms with E-state index in [0.717, 1.165) is 11.5 Å². The van der Waals surface area contributed by atoms with Crippen LogP contribution < -0.4 is 5.32 Å². The molecule has 0 radical (unpaired) electrons. The van der Waals surface area contributed by atoms with Crippen molar-refractivity contribution in [1.29, 1.82) is 0 Å². The lowest BCUT2D eigenvalue weighted by Crippen LogP contribution is -2.23. The van der Waals surface area contributed by atoms with Gasteiger partial charge in [-0.2, -0.15) is 0 Å². The highest BCUT2D eigenvalue weighted by Crippen LogP contribution is 2.26. The van der Waals surface area contributed by atoms with E-state index >= 15 is 0 Å². The molecule has 3 rings (SSSR count). The van der Waals surface area contributed by atoms with Gasteiger partial charge in [0, 0.05) is 11.9 Å². The molecule has 3 aromatic rings. The standard InChI is InChI=1S/C17H16ClN5OS/c1-11(16(24)20-15-9-8-13(18)10-19-15)25-17-22-21-12(2)23(17)14-6-4-3-5-7-14/h3-11H,1-2H3,(H,19,20,24). The predicted octanol–water partition coefficient (Wildman–Crippen LogP) is 3.74. The summed E-state index contributed by atoms with van der Waals surface area (Å²) in [5.74, 6) is 1.06. The summed E-state index contributed by atoms with van der Waals surface area (Å²) in [7, 11) is 0. The van der Waals surface area contributed by atoms with E-state index in [1.54, 1.807) is 12.1 Å². The van der Waals surface area contributed by atoms with Crippen LogP contribution in [0.5, 0.6) is 0 Å². The van der Waals surface area contributed by atoms with E-state index in [9.17, 15) is 4.79 Å². The number of nitrogens with one attached hydrogen (secondary N) is 1. The van der Waals surface area contributed by atoms with Gasteiger partial charge in [0.05, 0.1) is 10.3 Å². The Bertz CT molecular complexity index is 867. The van der Waals surface area contributed by atoms with Gasteiger partial charge in [-0.15, -0.1) is 10.2 Å². The molecule has 0 spiro atoms. The maximum Gasteiger partial charge on any atom is 0.238 e. The highest BCUT2D eigenvalue weighted by Gasteiger charge is 2.20. The second kappa shape index (κ2) is 7.67. The Balaban J connectivity index is 1.74. The van der Waals surface area contributed by atoms with Crippen LogP contribution in [-0.2, 0) is 4.79 Å². The number of pyridine rings is 1. The van der Waals surface area contributed by atoms with Crippen LogP contribution in [0, 0.1) is 6.92 Å². The van der Waals surface area contributed by atoms with Crippen molar-refractivity contribution in [2.45, 2.75) is 24.3 Å². The first-order chi connectivity index (χ1) is 12.0. The number of aryl methyl sites for hydroxylation is 1. The van der Waals surface area contributed by atoms with E-state index in [2.05, 4.69) is 20.5 Å². The van der Waals surface area contributed by atoms with E-state index in [1.165, 1.54) is 18.0 Å². The Morgan fingerprint density at radius 3 is 2.64 bits per heavy atom. The number of rotatable bonds is 5. The molecule has 0 bridgehead atoms. The van der Waals surface area contributed by atoms with Crippen molar-refractivity contribution in [2.24, 2.45) is 0 Å². The van der Waals surface area contributed by atoms with Crippen molar-refractivity contribution in [3.8, 4) is 5.69 Å². The predicted molar refractivity (Wildman–Crippen MR) is 99.3 cm³/mol. The smallest absolute Gasteiger partial charge is 0.238 e. The third kappa shape index (κ3) is 4.18. The number of aromatic nitrogens is 4. The largest absolute Gasteiger partial charge is 0.310 e. The number of carbonyl (C=O) groups is 1. The molecule has 0 saturated carbocycles. The van der Waals surface area contributed by atoms with Gasteiger partial charge in [0.25, 0.3) is 0 Å². The van der Waals surface area contributed by atoms with Crippen LogP contribution in [0.4, 0.5) is 5.82 Å². The number of halogens is 1. The third-order valence-corrected chi connectivity index (χ3v) is 4.71. The Morgan fingerprint density at radius 1 is 1.20 bits per heavy atom. The van der Waals surface area contributed by atoms with Gasteiger partial charge < -0.3 is 5.32 Å². The normalized spacial score (nSPS) is 12.0. The summed E-state index contributed by atoms with van der Waals surface area (Å²) in [6.45, 7) is 3.70. The molecule has 0 aliphatic heterocycles. The number of thioether (sulfide) groups is 1. The molecule has 128 valence electrons. The van der Waals surface area contributed by atoms with Crippen LogP contribution in [0.3, 0.4) is 0 Å². The number of amides is 1. The summed E-state index contributed by atoms with van der Waals surface area (Å²) < 4.78 is 1.93. The Kier molecular flexibility index (Phi) is 5.35. The molecule has 8 heteroatoms. The molecule has 25 heavy (non-hydrogen) atoms. The Hall–Kier alpha value is -2.38. The van der Waals surface area contributed by atoms with E-state index in [-0.39, 0.29) is 11.2 Å². The lowest BCUT2D eigenvalue weighted by atomic mass is 10.3. The van der Waals surface area contributed by atoms with Crippen LogP contribution in [0.15, 0.2) is 53.8 Å².